The Morgan fingerprint density at radius 3 is 2.64 bits per heavy atom. The number of piperidine rings is 1. The number of methoxy groups -OCH3 is 1. The zero-order valence-corrected chi connectivity index (χ0v) is 22.4. The second-order valence-corrected chi connectivity index (χ2v) is 10.5. The molecule has 0 radical (unpaired) electrons. The molecule has 0 saturated carbocycles. The number of carboxylic acids is 1. The SMILES string of the molecule is COc1cccc2sc(C3CCN(CC(O)COc4cccc5[nH]ccc45)[C@@H](C)C3)cc12.O=C(O)C(=O)OF. The number of thiophene rings is 1. The second kappa shape index (κ2) is 12.9. The Morgan fingerprint density at radius 1 is 1.18 bits per heavy atom. The van der Waals surface area contributed by atoms with Crippen molar-refractivity contribution in [1.82, 2.24) is 9.88 Å². The van der Waals surface area contributed by atoms with Gasteiger partial charge in [0.1, 0.15) is 24.2 Å². The molecule has 3 N–H and O–H groups in total. The molecule has 0 bridgehead atoms. The van der Waals surface area contributed by atoms with Crippen LogP contribution in [0.5, 0.6) is 11.5 Å². The molecule has 3 heterocycles. The number of nitrogens with one attached hydrogen (secondary N) is 1. The monoisotopic (exact) mass is 558 g/mol. The summed E-state index contributed by atoms with van der Waals surface area (Å²) in [5.41, 5.74) is 1.05. The van der Waals surface area contributed by atoms with Gasteiger partial charge in [0.2, 0.25) is 0 Å². The van der Waals surface area contributed by atoms with Gasteiger partial charge in [-0.25, -0.2) is 14.5 Å². The van der Waals surface area contributed by atoms with E-state index >= 15 is 0 Å². The Bertz CT molecular complexity index is 1420. The molecule has 9 nitrogen and oxygen atoms in total. The lowest BCUT2D eigenvalue weighted by Gasteiger charge is -2.38. The number of aliphatic hydroxyl groups is 1. The van der Waals surface area contributed by atoms with Crippen molar-refractivity contribution in [3.8, 4) is 11.5 Å². The third-order valence-corrected chi connectivity index (χ3v) is 8.12. The second-order valence-electron chi connectivity index (χ2n) is 9.42. The summed E-state index contributed by atoms with van der Waals surface area (Å²) in [6.07, 6.45) is 3.60. The average Bonchev–Trinajstić information content (AvgIpc) is 3.60. The van der Waals surface area contributed by atoms with E-state index in [-0.39, 0.29) is 0 Å². The van der Waals surface area contributed by atoms with E-state index in [9.17, 15) is 19.2 Å². The van der Waals surface area contributed by atoms with Crippen molar-refractivity contribution in [2.24, 2.45) is 0 Å². The van der Waals surface area contributed by atoms with Crippen LogP contribution in [0.25, 0.3) is 21.0 Å². The summed E-state index contributed by atoms with van der Waals surface area (Å²) >= 11 is 1.89. The minimum atomic E-state index is -1.94. The fourth-order valence-electron chi connectivity index (χ4n) is 4.91. The van der Waals surface area contributed by atoms with Crippen LogP contribution in [0.3, 0.4) is 0 Å². The molecule has 1 aliphatic rings. The molecule has 1 aliphatic heterocycles. The molecular weight excluding hydrogens is 527 g/mol. The molecule has 5 rings (SSSR count). The molecule has 2 aromatic heterocycles. The number of carboxylic acid groups (broad SMARTS) is 1. The van der Waals surface area contributed by atoms with Crippen LogP contribution in [0.1, 0.15) is 30.6 Å². The van der Waals surface area contributed by atoms with Gasteiger partial charge < -0.3 is 24.7 Å². The number of likely N-dealkylation sites (tertiary alicyclic amines) is 1. The lowest BCUT2D eigenvalue weighted by Crippen LogP contribution is -2.45. The van der Waals surface area contributed by atoms with Crippen LogP contribution in [-0.4, -0.2) is 71.0 Å². The van der Waals surface area contributed by atoms with Crippen molar-refractivity contribution in [3.05, 3.63) is 59.6 Å². The first-order valence-corrected chi connectivity index (χ1v) is 13.4. The normalized spacial score (nSPS) is 18.3. The van der Waals surface area contributed by atoms with Crippen molar-refractivity contribution in [3.63, 3.8) is 0 Å². The molecule has 0 aliphatic carbocycles. The number of nitrogens with zero attached hydrogens (tertiary/aromatic N) is 1. The summed E-state index contributed by atoms with van der Waals surface area (Å²) in [5, 5.41) is 20.4. The van der Waals surface area contributed by atoms with Crippen molar-refractivity contribution in [1.29, 1.82) is 0 Å². The van der Waals surface area contributed by atoms with Crippen LogP contribution in [-0.2, 0) is 14.5 Å². The highest BCUT2D eigenvalue weighted by molar-refractivity contribution is 7.19. The number of hydrogen-bond donors (Lipinski definition) is 3. The number of aliphatic carboxylic acids is 1. The molecule has 4 aromatic rings. The molecule has 39 heavy (non-hydrogen) atoms. The van der Waals surface area contributed by atoms with Gasteiger partial charge in [0, 0.05) is 49.2 Å². The first kappa shape index (κ1) is 28.3. The molecule has 1 saturated heterocycles. The van der Waals surface area contributed by atoms with Gasteiger partial charge in [-0.2, -0.15) is 0 Å². The van der Waals surface area contributed by atoms with Crippen molar-refractivity contribution in [2.75, 3.05) is 26.8 Å². The molecule has 0 spiro atoms. The number of carbonyl (C=O) groups is 2. The summed E-state index contributed by atoms with van der Waals surface area (Å²) in [5.74, 6) is -1.52. The highest BCUT2D eigenvalue weighted by Crippen LogP contribution is 2.40. The molecule has 11 heteroatoms. The third-order valence-electron chi connectivity index (χ3n) is 6.85. The zero-order chi connectivity index (χ0) is 27.9. The number of halogens is 1. The van der Waals surface area contributed by atoms with E-state index in [1.165, 1.54) is 15.0 Å². The predicted molar refractivity (Wildman–Crippen MR) is 146 cm³/mol. The van der Waals surface area contributed by atoms with Crippen LogP contribution >= 0.6 is 11.3 Å². The quantitative estimate of drug-likeness (QED) is 0.274. The van der Waals surface area contributed by atoms with E-state index in [1.54, 1.807) is 7.11 Å². The van der Waals surface area contributed by atoms with Crippen LogP contribution in [0.15, 0.2) is 54.7 Å². The van der Waals surface area contributed by atoms with Gasteiger partial charge in [-0.1, -0.05) is 12.1 Å². The van der Waals surface area contributed by atoms with Gasteiger partial charge in [0.25, 0.3) is 0 Å². The number of benzene rings is 2. The average molecular weight is 559 g/mol. The summed E-state index contributed by atoms with van der Waals surface area (Å²) in [7, 11) is 1.74. The standard InChI is InChI=1S/C26H30N2O3S.C2HFO4/c1-17-13-18(26-14-21-23(30-2)6-4-8-25(21)32-26)10-12-28(17)15-19(29)16-31-24-7-3-5-22-20(24)9-11-27-22;3-7-2(6)1(4)5/h3-9,11,14,17-19,27,29H,10,12-13,15-16H2,1-2H3;(H,4,5)/t17-,18?,19?;/m0./s1. The Balaban J connectivity index is 0.000000448. The van der Waals surface area contributed by atoms with Gasteiger partial charge >= 0.3 is 11.9 Å². The van der Waals surface area contributed by atoms with Crippen molar-refractivity contribution < 1.29 is 38.7 Å². The van der Waals surface area contributed by atoms with Crippen molar-refractivity contribution >= 4 is 44.3 Å². The number of ether oxygens (including phenoxy) is 2. The number of H-pyrrole nitrogens is 1. The van der Waals surface area contributed by atoms with Crippen molar-refractivity contribution in [2.45, 2.75) is 37.8 Å². The molecule has 0 amide bonds. The van der Waals surface area contributed by atoms with Crippen LogP contribution < -0.4 is 9.47 Å². The molecule has 208 valence electrons. The van der Waals surface area contributed by atoms with E-state index in [0.29, 0.717) is 25.1 Å². The van der Waals surface area contributed by atoms with E-state index < -0.39 is 18.0 Å². The number of β-amino-alcohol motifs (C(OH)–C–C–N with tert-alkyl or cyclic N) is 1. The number of fused-ring (bicyclic) bond motifs is 2. The summed E-state index contributed by atoms with van der Waals surface area (Å²) in [4.78, 5) is 27.8. The lowest BCUT2D eigenvalue weighted by atomic mass is 9.90. The first-order chi connectivity index (χ1) is 18.8. The topological polar surface area (TPSA) is 121 Å². The fraction of sp³-hybridized carbons (Fsp3) is 0.357. The summed E-state index contributed by atoms with van der Waals surface area (Å²) < 4.78 is 23.2. The number of rotatable bonds is 7. The Hall–Kier alpha value is -3.67. The van der Waals surface area contributed by atoms with Crippen LogP contribution in [0.4, 0.5) is 4.53 Å². The van der Waals surface area contributed by atoms with E-state index in [1.807, 2.05) is 47.9 Å². The Kier molecular flexibility index (Phi) is 9.39. The minimum Gasteiger partial charge on any atom is -0.496 e. The first-order valence-electron chi connectivity index (χ1n) is 12.5. The summed E-state index contributed by atoms with van der Waals surface area (Å²) in [6.45, 7) is 4.19. The predicted octanol–water partition coefficient (Wildman–Crippen LogP) is 4.90. The van der Waals surface area contributed by atoms with E-state index in [4.69, 9.17) is 14.6 Å². The minimum absolute atomic E-state index is 0.299. The number of aliphatic hydroxyl groups excluding tert-OH is 1. The maximum atomic E-state index is 10.7. The highest BCUT2D eigenvalue weighted by Gasteiger charge is 2.29. The number of carbonyl (C=O) groups excluding carboxylic acids is 1. The number of aromatic nitrogens is 1. The lowest BCUT2D eigenvalue weighted by molar-refractivity contribution is -0.192. The van der Waals surface area contributed by atoms with Gasteiger partial charge in [-0.05, 0) is 68.6 Å². The Labute approximate surface area is 228 Å². The maximum absolute atomic E-state index is 10.7. The molecule has 2 aromatic carbocycles. The van der Waals surface area contributed by atoms with Crippen LogP contribution in [0.2, 0.25) is 0 Å². The van der Waals surface area contributed by atoms with E-state index in [2.05, 4.69) is 39.9 Å². The molecule has 1 fully saturated rings. The molecule has 3 atom stereocenters. The van der Waals surface area contributed by atoms with E-state index in [0.717, 1.165) is 41.8 Å². The van der Waals surface area contributed by atoms with Gasteiger partial charge in [-0.15, -0.1) is 11.3 Å². The van der Waals surface area contributed by atoms with Gasteiger partial charge in [0.15, 0.2) is 0 Å². The largest absolute Gasteiger partial charge is 0.496 e. The third kappa shape index (κ3) is 6.86. The molecular formula is C28H31FN2O7S. The van der Waals surface area contributed by atoms with Gasteiger partial charge in [0.05, 0.1) is 7.11 Å². The zero-order valence-electron chi connectivity index (χ0n) is 21.6. The Morgan fingerprint density at radius 2 is 1.95 bits per heavy atom. The molecule has 2 unspecified atom stereocenters. The number of aromatic amines is 1. The smallest absolute Gasteiger partial charge is 0.456 e. The maximum Gasteiger partial charge on any atom is 0.456 e. The summed E-state index contributed by atoms with van der Waals surface area (Å²) in [6, 6.07) is 17.0. The highest BCUT2D eigenvalue weighted by atomic mass is 32.1. The number of hydrogen-bond acceptors (Lipinski definition) is 8. The van der Waals surface area contributed by atoms with Crippen LogP contribution in [0, 0.1) is 0 Å². The fourth-order valence-corrected chi connectivity index (χ4v) is 6.14. The van der Waals surface area contributed by atoms with Gasteiger partial charge in [-0.3, -0.25) is 4.90 Å².